The first-order valence-corrected chi connectivity index (χ1v) is 10.8. The SMILES string of the molecule is CC1CN(S(=O)(=O)c2cn(Cc3ccccc3)nc2C(C)(C)C)CC(C)O1. The molecule has 2 unspecified atom stereocenters. The largest absolute Gasteiger partial charge is 0.373 e. The molecule has 0 amide bonds. The molecule has 148 valence electrons. The number of ether oxygens (including phenoxy) is 1. The lowest BCUT2D eigenvalue weighted by Crippen LogP contribution is -2.48. The van der Waals surface area contributed by atoms with E-state index in [0.717, 1.165) is 5.56 Å². The van der Waals surface area contributed by atoms with E-state index < -0.39 is 10.0 Å². The van der Waals surface area contributed by atoms with Crippen LogP contribution in [-0.4, -0.2) is 47.8 Å². The van der Waals surface area contributed by atoms with Crippen LogP contribution in [0.15, 0.2) is 41.4 Å². The summed E-state index contributed by atoms with van der Waals surface area (Å²) in [5.74, 6) is 0. The molecule has 0 spiro atoms. The van der Waals surface area contributed by atoms with Crippen molar-refractivity contribution in [1.82, 2.24) is 14.1 Å². The van der Waals surface area contributed by atoms with E-state index in [1.165, 1.54) is 4.31 Å². The van der Waals surface area contributed by atoms with Crippen molar-refractivity contribution in [2.24, 2.45) is 0 Å². The Bertz CT molecular complexity index is 875. The van der Waals surface area contributed by atoms with Gasteiger partial charge < -0.3 is 4.74 Å². The molecule has 27 heavy (non-hydrogen) atoms. The number of rotatable bonds is 4. The molecule has 6 nitrogen and oxygen atoms in total. The summed E-state index contributed by atoms with van der Waals surface area (Å²) < 4.78 is 35.8. The van der Waals surface area contributed by atoms with Gasteiger partial charge in [-0.05, 0) is 19.4 Å². The van der Waals surface area contributed by atoms with Crippen LogP contribution in [0, 0.1) is 0 Å². The number of sulfonamides is 1. The van der Waals surface area contributed by atoms with E-state index >= 15 is 0 Å². The van der Waals surface area contributed by atoms with Crippen LogP contribution in [0.5, 0.6) is 0 Å². The minimum atomic E-state index is -3.64. The maximum atomic E-state index is 13.4. The first-order valence-electron chi connectivity index (χ1n) is 9.35. The van der Waals surface area contributed by atoms with Gasteiger partial charge in [-0.15, -0.1) is 0 Å². The predicted molar refractivity (Wildman–Crippen MR) is 105 cm³/mol. The Kier molecular flexibility index (Phi) is 5.47. The highest BCUT2D eigenvalue weighted by molar-refractivity contribution is 7.89. The average molecular weight is 392 g/mol. The molecule has 3 rings (SSSR count). The van der Waals surface area contributed by atoms with Gasteiger partial charge in [0.2, 0.25) is 10.0 Å². The molecular formula is C20H29N3O3S. The van der Waals surface area contributed by atoms with Gasteiger partial charge >= 0.3 is 0 Å². The van der Waals surface area contributed by atoms with Gasteiger partial charge in [0.1, 0.15) is 4.90 Å². The third-order valence-corrected chi connectivity index (χ3v) is 6.46. The van der Waals surface area contributed by atoms with Gasteiger partial charge in [-0.25, -0.2) is 8.42 Å². The number of morpholine rings is 1. The highest BCUT2D eigenvalue weighted by Gasteiger charge is 2.37. The molecule has 1 aromatic carbocycles. The second kappa shape index (κ2) is 7.37. The van der Waals surface area contributed by atoms with Crippen LogP contribution in [0.4, 0.5) is 0 Å². The Morgan fingerprint density at radius 2 is 1.70 bits per heavy atom. The molecule has 1 aliphatic heterocycles. The monoisotopic (exact) mass is 391 g/mol. The Morgan fingerprint density at radius 1 is 1.11 bits per heavy atom. The summed E-state index contributed by atoms with van der Waals surface area (Å²) in [6, 6.07) is 9.93. The molecule has 2 heterocycles. The van der Waals surface area contributed by atoms with Crippen LogP contribution in [0.3, 0.4) is 0 Å². The van der Waals surface area contributed by atoms with Crippen LogP contribution in [0.1, 0.15) is 45.9 Å². The fourth-order valence-electron chi connectivity index (χ4n) is 3.43. The highest BCUT2D eigenvalue weighted by Crippen LogP contribution is 2.31. The lowest BCUT2D eigenvalue weighted by Gasteiger charge is -2.34. The highest BCUT2D eigenvalue weighted by atomic mass is 32.2. The zero-order chi connectivity index (χ0) is 19.8. The summed E-state index contributed by atoms with van der Waals surface area (Å²) in [5, 5.41) is 4.66. The third kappa shape index (κ3) is 4.42. The third-order valence-electron chi connectivity index (χ3n) is 4.63. The Labute approximate surface area is 162 Å². The van der Waals surface area contributed by atoms with Crippen molar-refractivity contribution in [3.05, 3.63) is 47.8 Å². The fourth-order valence-corrected chi connectivity index (χ4v) is 5.37. The number of hydrogen-bond donors (Lipinski definition) is 0. The van der Waals surface area contributed by atoms with Crippen molar-refractivity contribution < 1.29 is 13.2 Å². The van der Waals surface area contributed by atoms with Crippen molar-refractivity contribution in [2.75, 3.05) is 13.1 Å². The quantitative estimate of drug-likeness (QED) is 0.804. The lowest BCUT2D eigenvalue weighted by atomic mass is 9.92. The zero-order valence-electron chi connectivity index (χ0n) is 16.7. The molecule has 1 aliphatic rings. The molecule has 2 aromatic rings. The van der Waals surface area contributed by atoms with E-state index in [1.807, 2.05) is 65.0 Å². The van der Waals surface area contributed by atoms with Crippen molar-refractivity contribution in [3.63, 3.8) is 0 Å². The maximum absolute atomic E-state index is 13.4. The number of nitrogens with zero attached hydrogens (tertiary/aromatic N) is 3. The van der Waals surface area contributed by atoms with Gasteiger partial charge in [0.15, 0.2) is 0 Å². The molecule has 0 saturated carbocycles. The van der Waals surface area contributed by atoms with E-state index in [4.69, 9.17) is 4.74 Å². The Hall–Kier alpha value is -1.70. The van der Waals surface area contributed by atoms with Crippen molar-refractivity contribution in [1.29, 1.82) is 0 Å². The molecule has 0 N–H and O–H groups in total. The van der Waals surface area contributed by atoms with Gasteiger partial charge in [0.05, 0.1) is 24.4 Å². The Morgan fingerprint density at radius 3 is 2.26 bits per heavy atom. The molecule has 1 aromatic heterocycles. The van der Waals surface area contributed by atoms with Gasteiger partial charge in [-0.3, -0.25) is 4.68 Å². The van der Waals surface area contributed by atoms with E-state index in [-0.39, 0.29) is 17.6 Å². The summed E-state index contributed by atoms with van der Waals surface area (Å²) in [7, 11) is -3.64. The van der Waals surface area contributed by atoms with E-state index in [2.05, 4.69) is 5.10 Å². The smallest absolute Gasteiger partial charge is 0.246 e. The van der Waals surface area contributed by atoms with Crippen LogP contribution in [0.2, 0.25) is 0 Å². The zero-order valence-corrected chi connectivity index (χ0v) is 17.5. The minimum absolute atomic E-state index is 0.124. The van der Waals surface area contributed by atoms with Gasteiger partial charge in [0, 0.05) is 24.7 Å². The topological polar surface area (TPSA) is 64.4 Å². The van der Waals surface area contributed by atoms with Crippen molar-refractivity contribution in [2.45, 2.75) is 63.7 Å². The second-order valence-corrected chi connectivity index (χ2v) is 10.3. The van der Waals surface area contributed by atoms with Crippen LogP contribution >= 0.6 is 0 Å². The first-order chi connectivity index (χ1) is 12.6. The van der Waals surface area contributed by atoms with Crippen molar-refractivity contribution >= 4 is 10.0 Å². The normalized spacial score (nSPS) is 22.1. The van der Waals surface area contributed by atoms with Crippen LogP contribution < -0.4 is 0 Å². The molecule has 0 bridgehead atoms. The van der Waals surface area contributed by atoms with Crippen molar-refractivity contribution in [3.8, 4) is 0 Å². The molecular weight excluding hydrogens is 362 g/mol. The van der Waals surface area contributed by atoms with E-state index in [9.17, 15) is 8.42 Å². The maximum Gasteiger partial charge on any atom is 0.246 e. The number of benzene rings is 1. The van der Waals surface area contributed by atoms with Gasteiger partial charge in [-0.1, -0.05) is 51.1 Å². The van der Waals surface area contributed by atoms with E-state index in [1.54, 1.807) is 10.9 Å². The fraction of sp³-hybridized carbons (Fsp3) is 0.550. The Balaban J connectivity index is 2.00. The predicted octanol–water partition coefficient (Wildman–Crippen LogP) is 3.03. The number of aromatic nitrogens is 2. The molecule has 0 aliphatic carbocycles. The van der Waals surface area contributed by atoms with Gasteiger partial charge in [0.25, 0.3) is 0 Å². The molecule has 7 heteroatoms. The summed E-state index contributed by atoms with van der Waals surface area (Å²) in [4.78, 5) is 0.298. The molecule has 1 saturated heterocycles. The summed E-state index contributed by atoms with van der Waals surface area (Å²) >= 11 is 0. The summed E-state index contributed by atoms with van der Waals surface area (Å²) in [6.07, 6.45) is 1.43. The standard InChI is InChI=1S/C20H29N3O3S/c1-15-11-23(12-16(2)26-15)27(24,25)18-14-22(21-19(18)20(3,4)5)13-17-9-7-6-8-10-17/h6-10,14-16H,11-13H2,1-5H3. The van der Waals surface area contributed by atoms with Crippen LogP contribution in [-0.2, 0) is 26.7 Å². The van der Waals surface area contributed by atoms with Gasteiger partial charge in [-0.2, -0.15) is 9.40 Å². The van der Waals surface area contributed by atoms with Crippen LogP contribution in [0.25, 0.3) is 0 Å². The molecule has 2 atom stereocenters. The number of hydrogen-bond acceptors (Lipinski definition) is 4. The molecule has 0 radical (unpaired) electrons. The second-order valence-electron chi connectivity index (χ2n) is 8.35. The first kappa shape index (κ1) is 20.0. The van der Waals surface area contributed by atoms with E-state index in [0.29, 0.717) is 30.2 Å². The molecule has 1 fully saturated rings. The minimum Gasteiger partial charge on any atom is -0.373 e. The summed E-state index contributed by atoms with van der Waals surface area (Å²) in [5.41, 5.74) is 1.30. The lowest BCUT2D eigenvalue weighted by molar-refractivity contribution is -0.0441. The average Bonchev–Trinajstić information content (AvgIpc) is 3.00. The summed E-state index contributed by atoms with van der Waals surface area (Å²) in [6.45, 7) is 11.0.